The number of amides is 2. The molecule has 162 valence electrons. The topological polar surface area (TPSA) is 62.3 Å². The Morgan fingerprint density at radius 2 is 1.87 bits per heavy atom. The molecule has 1 N–H and O–H groups in total. The molecule has 2 aromatic rings. The van der Waals surface area contributed by atoms with Crippen molar-refractivity contribution in [2.24, 2.45) is 5.92 Å². The van der Waals surface area contributed by atoms with Crippen LogP contribution in [-0.4, -0.2) is 41.3 Å². The second-order valence-corrected chi connectivity index (χ2v) is 9.24. The van der Waals surface area contributed by atoms with Gasteiger partial charge in [0.2, 0.25) is 5.91 Å². The number of thiazole rings is 1. The van der Waals surface area contributed by atoms with Gasteiger partial charge in [-0.3, -0.25) is 9.59 Å². The van der Waals surface area contributed by atoms with Crippen LogP contribution in [0, 0.1) is 5.92 Å². The Morgan fingerprint density at radius 1 is 1.17 bits per heavy atom. The summed E-state index contributed by atoms with van der Waals surface area (Å²) in [5.41, 5.74) is 2.84. The van der Waals surface area contributed by atoms with Crippen LogP contribution in [0.2, 0.25) is 0 Å². The summed E-state index contributed by atoms with van der Waals surface area (Å²) in [5.74, 6) is 0.618. The fourth-order valence-corrected chi connectivity index (χ4v) is 4.55. The average molecular weight is 428 g/mol. The summed E-state index contributed by atoms with van der Waals surface area (Å²) in [6.07, 6.45) is 4.77. The van der Waals surface area contributed by atoms with Gasteiger partial charge in [-0.25, -0.2) is 4.98 Å². The van der Waals surface area contributed by atoms with Crippen LogP contribution in [0.25, 0.3) is 10.6 Å². The summed E-state index contributed by atoms with van der Waals surface area (Å²) in [6.45, 7) is 8.49. The fraction of sp³-hybridized carbons (Fsp3) is 0.542. The van der Waals surface area contributed by atoms with Gasteiger partial charge in [0.15, 0.2) is 0 Å². The first kappa shape index (κ1) is 22.5. The fourth-order valence-electron chi connectivity index (χ4n) is 3.75. The van der Waals surface area contributed by atoms with Crippen LogP contribution < -0.4 is 5.32 Å². The lowest BCUT2D eigenvalue weighted by Gasteiger charge is -2.30. The van der Waals surface area contributed by atoms with E-state index in [1.54, 1.807) is 0 Å². The molecule has 0 unspecified atom stereocenters. The molecule has 1 aliphatic heterocycles. The number of benzene rings is 1. The second kappa shape index (κ2) is 10.7. The predicted molar refractivity (Wildman–Crippen MR) is 123 cm³/mol. The van der Waals surface area contributed by atoms with E-state index >= 15 is 0 Å². The van der Waals surface area contributed by atoms with Crippen LogP contribution in [-0.2, 0) is 4.79 Å². The Bertz CT molecular complexity index is 836. The van der Waals surface area contributed by atoms with Crippen molar-refractivity contribution in [1.82, 2.24) is 15.2 Å². The van der Waals surface area contributed by atoms with Gasteiger partial charge in [0.1, 0.15) is 10.7 Å². The van der Waals surface area contributed by atoms with Crippen molar-refractivity contribution in [3.05, 3.63) is 40.9 Å². The maximum Gasteiger partial charge on any atom is 0.273 e. The number of piperidine rings is 1. The first-order valence-corrected chi connectivity index (χ1v) is 12.0. The highest BCUT2D eigenvalue weighted by atomic mass is 32.1. The molecule has 0 saturated carbocycles. The third-order valence-electron chi connectivity index (χ3n) is 5.78. The molecule has 1 saturated heterocycles. The molecule has 0 spiro atoms. The summed E-state index contributed by atoms with van der Waals surface area (Å²) in [5, 5.41) is 5.76. The summed E-state index contributed by atoms with van der Waals surface area (Å²) in [6, 6.07) is 8.40. The summed E-state index contributed by atoms with van der Waals surface area (Å²) < 4.78 is 0. The van der Waals surface area contributed by atoms with Crippen LogP contribution in [0.15, 0.2) is 29.6 Å². The quantitative estimate of drug-likeness (QED) is 0.597. The Kier molecular flexibility index (Phi) is 8.02. The Balaban J connectivity index is 1.52. The lowest BCUT2D eigenvalue weighted by molar-refractivity contribution is -0.126. The van der Waals surface area contributed by atoms with Gasteiger partial charge in [-0.2, -0.15) is 0 Å². The number of unbranched alkanes of at least 4 members (excludes halogenated alkanes) is 2. The highest BCUT2D eigenvalue weighted by Crippen LogP contribution is 2.27. The molecule has 1 aromatic carbocycles. The van der Waals surface area contributed by atoms with Gasteiger partial charge in [0.25, 0.3) is 5.91 Å². The van der Waals surface area contributed by atoms with Crippen LogP contribution >= 0.6 is 11.3 Å². The van der Waals surface area contributed by atoms with Crippen molar-refractivity contribution < 1.29 is 9.59 Å². The molecule has 30 heavy (non-hydrogen) atoms. The maximum absolute atomic E-state index is 12.9. The van der Waals surface area contributed by atoms with Crippen molar-refractivity contribution >= 4 is 23.2 Å². The molecule has 1 fully saturated rings. The average Bonchev–Trinajstić information content (AvgIpc) is 3.26. The minimum absolute atomic E-state index is 0.0149. The van der Waals surface area contributed by atoms with E-state index in [4.69, 9.17) is 0 Å². The van der Waals surface area contributed by atoms with E-state index < -0.39 is 0 Å². The number of carbonyl (C=O) groups is 2. The van der Waals surface area contributed by atoms with E-state index in [0.29, 0.717) is 24.7 Å². The van der Waals surface area contributed by atoms with E-state index in [9.17, 15) is 9.59 Å². The molecule has 1 aliphatic rings. The molecule has 0 bridgehead atoms. The number of hydrogen-bond acceptors (Lipinski definition) is 4. The Hall–Kier alpha value is -2.21. The zero-order valence-corrected chi connectivity index (χ0v) is 19.1. The molecule has 0 radical (unpaired) electrons. The maximum atomic E-state index is 12.9. The van der Waals surface area contributed by atoms with E-state index in [-0.39, 0.29) is 17.7 Å². The summed E-state index contributed by atoms with van der Waals surface area (Å²) >= 11 is 1.50. The molecule has 0 atom stereocenters. The summed E-state index contributed by atoms with van der Waals surface area (Å²) in [7, 11) is 0. The molecule has 2 amide bonds. The molecule has 5 nitrogen and oxygen atoms in total. The zero-order valence-electron chi connectivity index (χ0n) is 18.3. The third kappa shape index (κ3) is 5.69. The molecule has 2 heterocycles. The van der Waals surface area contributed by atoms with E-state index in [1.165, 1.54) is 16.9 Å². The molecule has 0 aliphatic carbocycles. The number of carbonyl (C=O) groups excluding carboxylic acids is 2. The predicted octanol–water partition coefficient (Wildman–Crippen LogP) is 5.09. The molecule has 6 heteroatoms. The van der Waals surface area contributed by atoms with Crippen molar-refractivity contribution in [3.8, 4) is 10.6 Å². The third-order valence-corrected chi connectivity index (χ3v) is 6.67. The highest BCUT2D eigenvalue weighted by Gasteiger charge is 2.28. The van der Waals surface area contributed by atoms with Gasteiger partial charge in [0, 0.05) is 36.5 Å². The van der Waals surface area contributed by atoms with Gasteiger partial charge in [-0.15, -0.1) is 11.3 Å². The van der Waals surface area contributed by atoms with Gasteiger partial charge < -0.3 is 10.2 Å². The minimum atomic E-state index is -0.0295. The van der Waals surface area contributed by atoms with Crippen molar-refractivity contribution in [2.45, 2.75) is 58.8 Å². The lowest BCUT2D eigenvalue weighted by Crippen LogP contribution is -2.43. The molecule has 3 rings (SSSR count). The van der Waals surface area contributed by atoms with E-state index in [0.717, 1.165) is 49.2 Å². The van der Waals surface area contributed by atoms with Gasteiger partial charge >= 0.3 is 0 Å². The zero-order chi connectivity index (χ0) is 21.5. The molecular formula is C24H33N3O2S. The summed E-state index contributed by atoms with van der Waals surface area (Å²) in [4.78, 5) is 31.6. The number of rotatable bonds is 8. The number of aromatic nitrogens is 1. The SMILES string of the molecule is CCCCCNC(=O)C1CCN(C(=O)c2csc(-c3ccc(C(C)C)cc3)n2)CC1. The number of hydrogen-bond donors (Lipinski definition) is 1. The van der Waals surface area contributed by atoms with Crippen LogP contribution in [0.1, 0.15) is 74.8 Å². The first-order chi connectivity index (χ1) is 14.5. The minimum Gasteiger partial charge on any atom is -0.356 e. The van der Waals surface area contributed by atoms with Crippen LogP contribution in [0.3, 0.4) is 0 Å². The number of nitrogens with one attached hydrogen (secondary N) is 1. The number of likely N-dealkylation sites (tertiary alicyclic amines) is 1. The Morgan fingerprint density at radius 3 is 2.50 bits per heavy atom. The van der Waals surface area contributed by atoms with Crippen molar-refractivity contribution in [3.63, 3.8) is 0 Å². The highest BCUT2D eigenvalue weighted by molar-refractivity contribution is 7.13. The Labute approximate surface area is 183 Å². The van der Waals surface area contributed by atoms with Gasteiger partial charge in [-0.1, -0.05) is 57.9 Å². The van der Waals surface area contributed by atoms with Crippen molar-refractivity contribution in [2.75, 3.05) is 19.6 Å². The number of nitrogens with zero attached hydrogens (tertiary/aromatic N) is 2. The van der Waals surface area contributed by atoms with Crippen LogP contribution in [0.4, 0.5) is 0 Å². The van der Waals surface area contributed by atoms with E-state index in [2.05, 4.69) is 55.3 Å². The molecular weight excluding hydrogens is 394 g/mol. The van der Waals surface area contributed by atoms with Gasteiger partial charge in [-0.05, 0) is 30.7 Å². The van der Waals surface area contributed by atoms with Gasteiger partial charge in [0.05, 0.1) is 0 Å². The van der Waals surface area contributed by atoms with E-state index in [1.807, 2.05) is 10.3 Å². The van der Waals surface area contributed by atoms with Crippen LogP contribution in [0.5, 0.6) is 0 Å². The van der Waals surface area contributed by atoms with Crippen molar-refractivity contribution in [1.29, 1.82) is 0 Å². The monoisotopic (exact) mass is 427 g/mol. The smallest absolute Gasteiger partial charge is 0.273 e. The lowest BCUT2D eigenvalue weighted by atomic mass is 9.95. The largest absolute Gasteiger partial charge is 0.356 e. The standard InChI is InChI=1S/C24H33N3O2S/c1-4-5-6-13-25-22(28)19-11-14-27(15-12-19)24(29)21-16-30-23(26-21)20-9-7-18(8-10-20)17(2)3/h7-10,16-17,19H,4-6,11-15H2,1-3H3,(H,25,28). The normalized spacial score (nSPS) is 14.9. The second-order valence-electron chi connectivity index (χ2n) is 8.38. The first-order valence-electron chi connectivity index (χ1n) is 11.1. The molecule has 1 aromatic heterocycles.